The first kappa shape index (κ1) is 14.7. The number of aromatic nitrogens is 1. The molecule has 1 aliphatic carbocycles. The number of methoxy groups -OCH3 is 1. The maximum absolute atomic E-state index is 12.1. The zero-order valence-corrected chi connectivity index (χ0v) is 12.5. The van der Waals surface area contributed by atoms with E-state index in [0.29, 0.717) is 37.9 Å². The minimum Gasteiger partial charge on any atom is -0.465 e. The molecule has 2 aliphatic rings. The first-order valence-corrected chi connectivity index (χ1v) is 7.38. The average molecular weight is 302 g/mol. The summed E-state index contributed by atoms with van der Waals surface area (Å²) in [4.78, 5) is 41.3. The van der Waals surface area contributed by atoms with Crippen molar-refractivity contribution in [1.29, 1.82) is 0 Å². The molecule has 1 saturated heterocycles. The highest BCUT2D eigenvalue weighted by Gasteiger charge is 2.47. The Balaban J connectivity index is 1.68. The van der Waals surface area contributed by atoms with Crippen molar-refractivity contribution in [3.63, 3.8) is 0 Å². The normalized spacial score (nSPS) is 20.5. The molecule has 22 heavy (non-hydrogen) atoms. The number of hydrogen-bond donors (Lipinski definition) is 0. The lowest BCUT2D eigenvalue weighted by atomic mass is 9.76. The summed E-state index contributed by atoms with van der Waals surface area (Å²) >= 11 is 0. The molecule has 6 heteroatoms. The Morgan fingerprint density at radius 3 is 2.50 bits per heavy atom. The summed E-state index contributed by atoms with van der Waals surface area (Å²) in [6, 6.07) is 3.47. The highest BCUT2D eigenvalue weighted by Crippen LogP contribution is 2.42. The van der Waals surface area contributed by atoms with Crippen LogP contribution in [-0.2, 0) is 14.3 Å². The molecule has 1 saturated carbocycles. The molecule has 116 valence electrons. The van der Waals surface area contributed by atoms with Crippen LogP contribution in [0.15, 0.2) is 18.3 Å². The summed E-state index contributed by atoms with van der Waals surface area (Å²) in [5, 5.41) is 0. The van der Waals surface area contributed by atoms with E-state index < -0.39 is 11.4 Å². The highest BCUT2D eigenvalue weighted by molar-refractivity contribution is 6.09. The first-order valence-electron chi connectivity index (χ1n) is 7.38. The van der Waals surface area contributed by atoms with Gasteiger partial charge in [0.2, 0.25) is 0 Å². The van der Waals surface area contributed by atoms with Crippen LogP contribution < -0.4 is 4.90 Å². The van der Waals surface area contributed by atoms with E-state index in [1.165, 1.54) is 13.3 Å². The topological polar surface area (TPSA) is 76.6 Å². The van der Waals surface area contributed by atoms with Gasteiger partial charge in [0.05, 0.1) is 19.1 Å². The molecule has 0 unspecified atom stereocenters. The lowest BCUT2D eigenvalue weighted by molar-refractivity contribution is -0.126. The van der Waals surface area contributed by atoms with Gasteiger partial charge in [-0.25, -0.2) is 9.78 Å². The van der Waals surface area contributed by atoms with Crippen molar-refractivity contribution in [3.8, 4) is 0 Å². The minimum absolute atomic E-state index is 0.0685. The number of anilines is 1. The largest absolute Gasteiger partial charge is 0.465 e. The predicted molar refractivity (Wildman–Crippen MR) is 78.7 cm³/mol. The van der Waals surface area contributed by atoms with Crippen LogP contribution in [0.2, 0.25) is 0 Å². The van der Waals surface area contributed by atoms with E-state index in [0.717, 1.165) is 5.82 Å². The zero-order chi connectivity index (χ0) is 15.7. The summed E-state index contributed by atoms with van der Waals surface area (Å²) in [5.41, 5.74) is -0.0178. The molecule has 1 aromatic heterocycles. The zero-order valence-electron chi connectivity index (χ0n) is 12.5. The van der Waals surface area contributed by atoms with Gasteiger partial charge in [-0.2, -0.15) is 0 Å². The third-order valence-electron chi connectivity index (χ3n) is 4.70. The molecule has 0 atom stereocenters. The number of rotatable bonds is 2. The fraction of sp³-hybridized carbons (Fsp3) is 0.500. The van der Waals surface area contributed by atoms with Crippen LogP contribution in [-0.4, -0.2) is 42.7 Å². The van der Waals surface area contributed by atoms with E-state index >= 15 is 0 Å². The number of esters is 1. The molecule has 0 radical (unpaired) electrons. The second kappa shape index (κ2) is 5.51. The molecule has 1 aliphatic heterocycles. The quantitative estimate of drug-likeness (QED) is 0.607. The van der Waals surface area contributed by atoms with E-state index in [1.54, 1.807) is 12.1 Å². The van der Waals surface area contributed by atoms with Crippen molar-refractivity contribution in [1.82, 2.24) is 4.98 Å². The third kappa shape index (κ3) is 2.49. The number of nitrogens with zero attached hydrogens (tertiary/aromatic N) is 2. The van der Waals surface area contributed by atoms with E-state index in [9.17, 15) is 14.4 Å². The number of hydrogen-bond acceptors (Lipinski definition) is 6. The molecule has 1 aromatic rings. The summed E-state index contributed by atoms with van der Waals surface area (Å²) in [5.74, 6) is 0.538. The molecule has 0 bridgehead atoms. The number of Topliss-reactive ketones (excluding diaryl/α,β-unsaturated/α-hetero) is 2. The van der Waals surface area contributed by atoms with Gasteiger partial charge in [-0.05, 0) is 25.0 Å². The molecule has 6 nitrogen and oxygen atoms in total. The molecule has 2 heterocycles. The van der Waals surface area contributed by atoms with Crippen LogP contribution in [0, 0.1) is 5.41 Å². The van der Waals surface area contributed by atoms with Gasteiger partial charge in [0.15, 0.2) is 0 Å². The molecule has 1 spiro atoms. The Hall–Kier alpha value is -2.24. The second-order valence-electron chi connectivity index (χ2n) is 5.98. The number of ketones is 2. The van der Waals surface area contributed by atoms with Gasteiger partial charge in [-0.15, -0.1) is 0 Å². The number of carbonyl (C=O) groups is 3. The first-order chi connectivity index (χ1) is 10.5. The van der Waals surface area contributed by atoms with Gasteiger partial charge in [-0.3, -0.25) is 9.59 Å². The SMILES string of the molecule is COC(=O)c1ccc(N2CCC3(CC2)CC(=O)CC3=O)nc1. The van der Waals surface area contributed by atoms with Crippen molar-refractivity contribution >= 4 is 23.4 Å². The lowest BCUT2D eigenvalue weighted by Gasteiger charge is -2.38. The number of pyridine rings is 1. The third-order valence-corrected chi connectivity index (χ3v) is 4.70. The van der Waals surface area contributed by atoms with E-state index in [1.807, 2.05) is 0 Å². The van der Waals surface area contributed by atoms with Crippen LogP contribution in [0.4, 0.5) is 5.82 Å². The summed E-state index contributed by atoms with van der Waals surface area (Å²) in [6.45, 7) is 1.40. The fourth-order valence-electron chi connectivity index (χ4n) is 3.34. The maximum Gasteiger partial charge on any atom is 0.339 e. The van der Waals surface area contributed by atoms with E-state index in [2.05, 4.69) is 14.6 Å². The molecule has 0 amide bonds. The molecule has 0 N–H and O–H groups in total. The average Bonchev–Trinajstić information content (AvgIpc) is 2.81. The number of piperidine rings is 1. The van der Waals surface area contributed by atoms with Crippen LogP contribution in [0.1, 0.15) is 36.0 Å². The van der Waals surface area contributed by atoms with Crippen LogP contribution in [0.3, 0.4) is 0 Å². The Kier molecular flexibility index (Phi) is 3.68. The van der Waals surface area contributed by atoms with Gasteiger partial charge < -0.3 is 9.64 Å². The minimum atomic E-state index is -0.431. The Morgan fingerprint density at radius 1 is 1.27 bits per heavy atom. The monoisotopic (exact) mass is 302 g/mol. The summed E-state index contributed by atoms with van der Waals surface area (Å²) in [7, 11) is 1.33. The van der Waals surface area contributed by atoms with Crippen molar-refractivity contribution in [3.05, 3.63) is 23.9 Å². The summed E-state index contributed by atoms with van der Waals surface area (Å²) < 4.78 is 4.64. The lowest BCUT2D eigenvalue weighted by Crippen LogP contribution is -2.42. The Morgan fingerprint density at radius 2 is 2.00 bits per heavy atom. The van der Waals surface area contributed by atoms with Crippen molar-refractivity contribution in [2.24, 2.45) is 5.41 Å². The fourth-order valence-corrected chi connectivity index (χ4v) is 3.34. The van der Waals surface area contributed by atoms with Crippen LogP contribution >= 0.6 is 0 Å². The molecule has 0 aromatic carbocycles. The van der Waals surface area contributed by atoms with Crippen molar-refractivity contribution < 1.29 is 19.1 Å². The maximum atomic E-state index is 12.1. The second-order valence-corrected chi connectivity index (χ2v) is 5.98. The van der Waals surface area contributed by atoms with Gasteiger partial charge in [0.25, 0.3) is 0 Å². The molecule has 3 rings (SSSR count). The van der Waals surface area contributed by atoms with Crippen molar-refractivity contribution in [2.45, 2.75) is 25.7 Å². The molecular formula is C16H18N2O4. The van der Waals surface area contributed by atoms with Gasteiger partial charge >= 0.3 is 5.97 Å². The summed E-state index contributed by atoms with van der Waals surface area (Å²) in [6.07, 6.45) is 3.38. The van der Waals surface area contributed by atoms with Crippen LogP contribution in [0.25, 0.3) is 0 Å². The van der Waals surface area contributed by atoms with Gasteiger partial charge in [0, 0.05) is 31.1 Å². The Labute approximate surface area is 128 Å². The predicted octanol–water partition coefficient (Wildman–Crippen LogP) is 1.39. The standard InChI is InChI=1S/C16H18N2O4/c1-22-15(21)11-2-3-14(17-10-11)18-6-4-16(5-7-18)9-12(19)8-13(16)20/h2-3,10H,4-9H2,1H3. The van der Waals surface area contributed by atoms with Gasteiger partial charge in [-0.1, -0.05) is 0 Å². The van der Waals surface area contributed by atoms with Crippen molar-refractivity contribution in [2.75, 3.05) is 25.1 Å². The van der Waals surface area contributed by atoms with E-state index in [-0.39, 0.29) is 18.0 Å². The smallest absolute Gasteiger partial charge is 0.339 e. The Bertz CT molecular complexity index is 616. The number of ether oxygens (including phenoxy) is 1. The molecule has 2 fully saturated rings. The van der Waals surface area contributed by atoms with Crippen LogP contribution in [0.5, 0.6) is 0 Å². The number of carbonyl (C=O) groups excluding carboxylic acids is 3. The molecular weight excluding hydrogens is 284 g/mol. The van der Waals surface area contributed by atoms with Gasteiger partial charge in [0.1, 0.15) is 17.4 Å². The highest BCUT2D eigenvalue weighted by atomic mass is 16.5. The van der Waals surface area contributed by atoms with E-state index in [4.69, 9.17) is 0 Å².